The van der Waals surface area contributed by atoms with Crippen molar-refractivity contribution in [2.45, 2.75) is 13.8 Å². The molecule has 0 saturated heterocycles. The maximum atomic E-state index is 13.1. The van der Waals surface area contributed by atoms with E-state index in [1.807, 2.05) is 32.0 Å². The average Bonchev–Trinajstić information content (AvgIpc) is 2.69. The van der Waals surface area contributed by atoms with Crippen LogP contribution in [0.3, 0.4) is 0 Å². The summed E-state index contributed by atoms with van der Waals surface area (Å²) in [5.74, 6) is -0.737. The van der Waals surface area contributed by atoms with E-state index >= 15 is 0 Å². The van der Waals surface area contributed by atoms with Crippen molar-refractivity contribution in [3.8, 4) is 0 Å². The van der Waals surface area contributed by atoms with Gasteiger partial charge in [0.15, 0.2) is 5.78 Å². The van der Waals surface area contributed by atoms with Crippen molar-refractivity contribution in [1.29, 1.82) is 0 Å². The summed E-state index contributed by atoms with van der Waals surface area (Å²) in [7, 11) is 1.30. The third-order valence-corrected chi connectivity index (χ3v) is 5.39. The Balaban J connectivity index is 1.90. The number of hydrogen-bond acceptors (Lipinski definition) is 4. The van der Waals surface area contributed by atoms with E-state index in [4.69, 9.17) is 16.3 Å². The van der Waals surface area contributed by atoms with Crippen LogP contribution in [0.15, 0.2) is 59.1 Å². The van der Waals surface area contributed by atoms with Gasteiger partial charge in [-0.1, -0.05) is 33.6 Å². The molecule has 0 radical (unpaired) electrons. The maximum absolute atomic E-state index is 13.1. The molecular formula is C23H19BrClNO3. The Morgan fingerprint density at radius 2 is 1.69 bits per heavy atom. The SMILES string of the molecule is COC(=O)c1ccc(C)c(C(=O)c2ccc(Nc3ccc(Br)cc3C)cc2Cl)c1. The van der Waals surface area contributed by atoms with Gasteiger partial charge in [0.25, 0.3) is 0 Å². The molecule has 3 aromatic carbocycles. The fourth-order valence-corrected chi connectivity index (χ4v) is 3.70. The van der Waals surface area contributed by atoms with Crippen LogP contribution in [-0.4, -0.2) is 18.9 Å². The van der Waals surface area contributed by atoms with Crippen LogP contribution in [0.2, 0.25) is 5.02 Å². The second-order valence-corrected chi connectivity index (χ2v) is 7.95. The third kappa shape index (κ3) is 4.69. The molecule has 0 heterocycles. The Hall–Kier alpha value is -2.63. The predicted octanol–water partition coefficient (Wildman–Crippen LogP) is 6.48. The monoisotopic (exact) mass is 471 g/mol. The summed E-state index contributed by atoms with van der Waals surface area (Å²) >= 11 is 9.88. The molecule has 0 fully saturated rings. The average molecular weight is 473 g/mol. The van der Waals surface area contributed by atoms with Crippen LogP contribution in [0, 0.1) is 13.8 Å². The normalized spacial score (nSPS) is 10.5. The minimum atomic E-state index is -0.491. The van der Waals surface area contributed by atoms with E-state index in [2.05, 4.69) is 21.2 Å². The van der Waals surface area contributed by atoms with Crippen LogP contribution in [0.1, 0.15) is 37.4 Å². The maximum Gasteiger partial charge on any atom is 0.337 e. The van der Waals surface area contributed by atoms with Crippen LogP contribution in [0.5, 0.6) is 0 Å². The number of carbonyl (C=O) groups excluding carboxylic acids is 2. The highest BCUT2D eigenvalue weighted by Gasteiger charge is 2.18. The summed E-state index contributed by atoms with van der Waals surface area (Å²) in [6.07, 6.45) is 0. The molecular weight excluding hydrogens is 454 g/mol. The van der Waals surface area contributed by atoms with Gasteiger partial charge in [-0.05, 0) is 73.5 Å². The number of ether oxygens (including phenoxy) is 1. The molecule has 0 spiro atoms. The van der Waals surface area contributed by atoms with E-state index in [1.165, 1.54) is 13.2 Å². The Kier molecular flexibility index (Phi) is 6.40. The summed E-state index contributed by atoms with van der Waals surface area (Å²) in [5.41, 5.74) is 4.66. The van der Waals surface area contributed by atoms with E-state index in [-0.39, 0.29) is 5.78 Å². The van der Waals surface area contributed by atoms with Gasteiger partial charge in [0.1, 0.15) is 0 Å². The highest BCUT2D eigenvalue weighted by atomic mass is 79.9. The molecule has 0 saturated carbocycles. The Morgan fingerprint density at radius 3 is 2.34 bits per heavy atom. The molecule has 0 unspecified atom stereocenters. The highest BCUT2D eigenvalue weighted by molar-refractivity contribution is 9.10. The zero-order chi connectivity index (χ0) is 21.1. The summed E-state index contributed by atoms with van der Waals surface area (Å²) in [4.78, 5) is 24.8. The minimum absolute atomic E-state index is 0.246. The summed E-state index contributed by atoms with van der Waals surface area (Å²) < 4.78 is 5.75. The standard InChI is InChI=1S/C23H19BrClNO3/c1-13-4-5-15(23(28)29-3)11-19(13)22(27)18-8-7-17(12-20(18)25)26-21-9-6-16(24)10-14(21)2/h4-12,26H,1-3H3. The molecule has 3 aromatic rings. The highest BCUT2D eigenvalue weighted by Crippen LogP contribution is 2.29. The van der Waals surface area contributed by atoms with E-state index in [9.17, 15) is 9.59 Å². The lowest BCUT2D eigenvalue weighted by Crippen LogP contribution is -2.08. The van der Waals surface area contributed by atoms with Gasteiger partial charge in [0.05, 0.1) is 17.7 Å². The van der Waals surface area contributed by atoms with Crippen LogP contribution >= 0.6 is 27.5 Å². The number of benzene rings is 3. The van der Waals surface area contributed by atoms with Gasteiger partial charge in [0.2, 0.25) is 0 Å². The number of methoxy groups -OCH3 is 1. The molecule has 6 heteroatoms. The van der Waals surface area contributed by atoms with E-state index in [1.54, 1.807) is 30.3 Å². The van der Waals surface area contributed by atoms with Gasteiger partial charge in [-0.15, -0.1) is 0 Å². The quantitative estimate of drug-likeness (QED) is 0.341. The molecule has 0 bridgehead atoms. The molecule has 0 aliphatic carbocycles. The van der Waals surface area contributed by atoms with Crippen molar-refractivity contribution in [1.82, 2.24) is 0 Å². The first kappa shape index (κ1) is 21.1. The number of rotatable bonds is 5. The topological polar surface area (TPSA) is 55.4 Å². The molecule has 3 rings (SSSR count). The van der Waals surface area contributed by atoms with Crippen molar-refractivity contribution >= 4 is 50.7 Å². The van der Waals surface area contributed by atoms with Gasteiger partial charge >= 0.3 is 5.97 Å². The number of nitrogens with one attached hydrogen (secondary N) is 1. The largest absolute Gasteiger partial charge is 0.465 e. The molecule has 148 valence electrons. The van der Waals surface area contributed by atoms with Crippen molar-refractivity contribution in [3.05, 3.63) is 91.9 Å². The summed E-state index contributed by atoms with van der Waals surface area (Å²) in [5, 5.41) is 3.64. The number of aryl methyl sites for hydroxylation is 2. The Bertz CT molecular complexity index is 1110. The molecule has 0 amide bonds. The number of esters is 1. The van der Waals surface area contributed by atoms with Crippen LogP contribution in [0.25, 0.3) is 0 Å². The second-order valence-electron chi connectivity index (χ2n) is 6.63. The zero-order valence-electron chi connectivity index (χ0n) is 16.2. The van der Waals surface area contributed by atoms with Crippen LogP contribution < -0.4 is 5.32 Å². The van der Waals surface area contributed by atoms with Crippen molar-refractivity contribution < 1.29 is 14.3 Å². The lowest BCUT2D eigenvalue weighted by Gasteiger charge is -2.13. The fourth-order valence-electron chi connectivity index (χ4n) is 2.96. The summed E-state index contributed by atoms with van der Waals surface area (Å²) in [6, 6.07) is 16.0. The lowest BCUT2D eigenvalue weighted by molar-refractivity contribution is 0.0600. The van der Waals surface area contributed by atoms with Crippen LogP contribution in [0.4, 0.5) is 11.4 Å². The van der Waals surface area contributed by atoms with Gasteiger partial charge in [0, 0.05) is 27.0 Å². The van der Waals surface area contributed by atoms with E-state index in [0.29, 0.717) is 21.7 Å². The zero-order valence-corrected chi connectivity index (χ0v) is 18.5. The second kappa shape index (κ2) is 8.80. The van der Waals surface area contributed by atoms with E-state index in [0.717, 1.165) is 27.0 Å². The Labute approximate surface area is 183 Å². The number of ketones is 1. The number of anilines is 2. The number of hydrogen-bond donors (Lipinski definition) is 1. The lowest BCUT2D eigenvalue weighted by atomic mass is 9.96. The fraction of sp³-hybridized carbons (Fsp3) is 0.130. The van der Waals surface area contributed by atoms with Crippen molar-refractivity contribution in [3.63, 3.8) is 0 Å². The molecule has 0 atom stereocenters. The predicted molar refractivity (Wildman–Crippen MR) is 120 cm³/mol. The Morgan fingerprint density at radius 1 is 0.931 bits per heavy atom. The molecule has 0 aliphatic heterocycles. The molecule has 0 aliphatic rings. The smallest absolute Gasteiger partial charge is 0.337 e. The van der Waals surface area contributed by atoms with Crippen molar-refractivity contribution in [2.75, 3.05) is 12.4 Å². The first-order valence-electron chi connectivity index (χ1n) is 8.86. The molecule has 4 nitrogen and oxygen atoms in total. The number of halogens is 2. The third-order valence-electron chi connectivity index (χ3n) is 4.58. The first-order chi connectivity index (χ1) is 13.8. The van der Waals surface area contributed by atoms with Gasteiger partial charge in [-0.3, -0.25) is 4.79 Å². The number of carbonyl (C=O) groups is 2. The van der Waals surface area contributed by atoms with Crippen molar-refractivity contribution in [2.24, 2.45) is 0 Å². The molecule has 1 N–H and O–H groups in total. The summed E-state index contributed by atoms with van der Waals surface area (Å²) in [6.45, 7) is 3.82. The van der Waals surface area contributed by atoms with Crippen LogP contribution in [-0.2, 0) is 4.74 Å². The van der Waals surface area contributed by atoms with E-state index < -0.39 is 5.97 Å². The molecule has 0 aromatic heterocycles. The van der Waals surface area contributed by atoms with Gasteiger partial charge in [-0.25, -0.2) is 4.79 Å². The van der Waals surface area contributed by atoms with Gasteiger partial charge in [-0.2, -0.15) is 0 Å². The molecule has 29 heavy (non-hydrogen) atoms. The van der Waals surface area contributed by atoms with Gasteiger partial charge < -0.3 is 10.1 Å². The first-order valence-corrected chi connectivity index (χ1v) is 10.0. The minimum Gasteiger partial charge on any atom is -0.465 e.